The van der Waals surface area contributed by atoms with Crippen LogP contribution in [-0.2, 0) is 20.2 Å². The minimum atomic E-state index is -4.73. The maximum absolute atomic E-state index is 12.1. The van der Waals surface area contributed by atoms with E-state index in [9.17, 15) is 36.2 Å². The Labute approximate surface area is 274 Å². The van der Waals surface area contributed by atoms with Crippen LogP contribution in [0.15, 0.2) is 127 Å². The average molecular weight is 683 g/mol. The zero-order valence-corrected chi connectivity index (χ0v) is 26.9. The molecule has 14 heteroatoms. The summed E-state index contributed by atoms with van der Waals surface area (Å²) in [4.78, 5) is -1.15. The zero-order valence-electron chi connectivity index (χ0n) is 25.3. The van der Waals surface area contributed by atoms with E-state index in [0.29, 0.717) is 44.0 Å². The first-order valence-corrected chi connectivity index (χ1v) is 17.1. The molecule has 0 fully saturated rings. The van der Waals surface area contributed by atoms with Crippen molar-refractivity contribution in [3.8, 4) is 22.6 Å². The fourth-order valence-electron chi connectivity index (χ4n) is 5.27. The highest BCUT2D eigenvalue weighted by Gasteiger charge is 2.23. The number of phenols is 2. The normalized spacial score (nSPS) is 12.5. The Balaban J connectivity index is 1.31. The van der Waals surface area contributed by atoms with E-state index in [1.165, 1.54) is 12.1 Å². The van der Waals surface area contributed by atoms with Gasteiger partial charge in [-0.15, -0.1) is 10.2 Å². The first kappa shape index (κ1) is 32.4. The molecule has 6 aromatic carbocycles. The number of benzene rings is 6. The van der Waals surface area contributed by atoms with E-state index in [0.717, 1.165) is 11.1 Å². The summed E-state index contributed by atoms with van der Waals surface area (Å²) in [5.74, 6) is -0.868. The summed E-state index contributed by atoms with van der Waals surface area (Å²) in [7, 11) is -9.46. The van der Waals surface area contributed by atoms with Gasteiger partial charge in [-0.2, -0.15) is 27.1 Å². The van der Waals surface area contributed by atoms with Crippen molar-refractivity contribution < 1.29 is 36.2 Å². The molecule has 12 nitrogen and oxygen atoms in total. The average Bonchev–Trinajstić information content (AvgIpc) is 3.04. The van der Waals surface area contributed by atoms with Crippen molar-refractivity contribution in [3.05, 3.63) is 108 Å². The van der Waals surface area contributed by atoms with E-state index in [-0.39, 0.29) is 11.4 Å². The molecule has 0 atom stereocenters. The number of fused-ring (bicyclic) bond motifs is 2. The zero-order chi connectivity index (χ0) is 34.4. The molecule has 6 rings (SSSR count). The Hall–Kier alpha value is -5.54. The van der Waals surface area contributed by atoms with Crippen molar-refractivity contribution in [2.45, 2.75) is 23.6 Å². The lowest BCUT2D eigenvalue weighted by Crippen LogP contribution is -1.99. The lowest BCUT2D eigenvalue weighted by molar-refractivity contribution is 0.471. The molecule has 0 radical (unpaired) electrons. The Morgan fingerprint density at radius 2 is 0.875 bits per heavy atom. The van der Waals surface area contributed by atoms with Crippen LogP contribution in [0.3, 0.4) is 0 Å². The van der Waals surface area contributed by atoms with Gasteiger partial charge in [-0.1, -0.05) is 60.7 Å². The third kappa shape index (κ3) is 6.24. The first-order chi connectivity index (χ1) is 22.7. The molecule has 0 amide bonds. The number of hydrogen-bond donors (Lipinski definition) is 4. The molecule has 48 heavy (non-hydrogen) atoms. The van der Waals surface area contributed by atoms with Crippen LogP contribution in [0.25, 0.3) is 32.7 Å². The summed E-state index contributed by atoms with van der Waals surface area (Å²) >= 11 is 0. The predicted octanol–water partition coefficient (Wildman–Crippen LogP) is 9.01. The topological polar surface area (TPSA) is 199 Å². The molecule has 0 unspecified atom stereocenters. The number of nitrogens with zero attached hydrogens (tertiary/aromatic N) is 4. The summed E-state index contributed by atoms with van der Waals surface area (Å²) in [5.41, 5.74) is 2.95. The van der Waals surface area contributed by atoms with Crippen LogP contribution in [-0.4, -0.2) is 36.2 Å². The van der Waals surface area contributed by atoms with Gasteiger partial charge in [0, 0.05) is 10.8 Å². The van der Waals surface area contributed by atoms with E-state index in [1.54, 1.807) is 86.6 Å². The molecule has 0 aliphatic carbocycles. The van der Waals surface area contributed by atoms with Crippen LogP contribution < -0.4 is 0 Å². The minimum absolute atomic E-state index is 0.345. The molecule has 0 aliphatic rings. The van der Waals surface area contributed by atoms with Gasteiger partial charge in [-0.3, -0.25) is 9.11 Å². The second-order valence-electron chi connectivity index (χ2n) is 10.9. The van der Waals surface area contributed by atoms with Crippen LogP contribution in [0.2, 0.25) is 0 Å². The predicted molar refractivity (Wildman–Crippen MR) is 181 cm³/mol. The minimum Gasteiger partial charge on any atom is -0.505 e. The Kier molecular flexibility index (Phi) is 8.26. The number of aromatic hydroxyl groups is 2. The van der Waals surface area contributed by atoms with Crippen LogP contribution in [0.4, 0.5) is 22.7 Å². The molecule has 0 spiro atoms. The third-order valence-corrected chi connectivity index (χ3v) is 9.45. The van der Waals surface area contributed by atoms with Crippen LogP contribution in [0.5, 0.6) is 11.5 Å². The summed E-state index contributed by atoms with van der Waals surface area (Å²) in [5, 5.41) is 39.4. The van der Waals surface area contributed by atoms with Crippen LogP contribution >= 0.6 is 0 Å². The summed E-state index contributed by atoms with van der Waals surface area (Å²) in [6, 6.07) is 26.0. The molecule has 0 heterocycles. The molecule has 0 bridgehead atoms. The van der Waals surface area contributed by atoms with E-state index < -0.39 is 41.5 Å². The largest absolute Gasteiger partial charge is 0.505 e. The van der Waals surface area contributed by atoms with Gasteiger partial charge in [0.25, 0.3) is 20.2 Å². The number of phenolic OH excluding ortho intramolecular Hbond substituents is 2. The lowest BCUT2D eigenvalue weighted by Gasteiger charge is -2.10. The number of hydrogen-bond acceptors (Lipinski definition) is 10. The molecule has 6 aromatic rings. The highest BCUT2D eigenvalue weighted by molar-refractivity contribution is 7.86. The van der Waals surface area contributed by atoms with Crippen molar-refractivity contribution in [1.82, 2.24) is 0 Å². The standard InChI is InChI=1S/C34H26N4O8S2/c1-19-15-21(11-13-27(19)35-37-31-29(47(41,42)43)17-23-7-3-5-9-25(23)33(31)39)22-12-14-28(20(2)16-22)36-38-32-30(48(44,45)46)18-24-8-4-6-10-26(24)34(32)40/h3-18,39-40H,1-2H3,(H,41,42,43)(H,44,45,46)/b37-35+,38-36+. The maximum Gasteiger partial charge on any atom is 0.296 e. The molecule has 0 aliphatic heterocycles. The highest BCUT2D eigenvalue weighted by Crippen LogP contribution is 2.43. The SMILES string of the molecule is Cc1cc(-c2ccc(/N=N/c3c(S(=O)(=O)O)cc4ccccc4c3O)c(C)c2)ccc1/N=N/c1c(S(=O)(=O)O)cc2ccccc2c1O. The molecular formula is C34H26N4O8S2. The van der Waals surface area contributed by atoms with Gasteiger partial charge in [-0.25, -0.2) is 0 Å². The molecule has 0 saturated heterocycles. The van der Waals surface area contributed by atoms with Crippen molar-refractivity contribution in [2.75, 3.05) is 0 Å². The van der Waals surface area contributed by atoms with Gasteiger partial charge in [0.1, 0.15) is 21.2 Å². The van der Waals surface area contributed by atoms with Gasteiger partial charge in [0.15, 0.2) is 11.5 Å². The molecule has 0 aromatic heterocycles. The third-order valence-electron chi connectivity index (χ3n) is 7.72. The van der Waals surface area contributed by atoms with Crippen molar-refractivity contribution in [2.24, 2.45) is 20.5 Å². The fourth-order valence-corrected chi connectivity index (χ4v) is 6.59. The van der Waals surface area contributed by atoms with Crippen LogP contribution in [0.1, 0.15) is 11.1 Å². The molecule has 242 valence electrons. The number of rotatable bonds is 7. The van der Waals surface area contributed by atoms with E-state index in [2.05, 4.69) is 20.5 Å². The number of azo groups is 2. The van der Waals surface area contributed by atoms with Gasteiger partial charge in [0.2, 0.25) is 0 Å². The van der Waals surface area contributed by atoms with Crippen molar-refractivity contribution >= 4 is 64.5 Å². The van der Waals surface area contributed by atoms with Crippen molar-refractivity contribution in [3.63, 3.8) is 0 Å². The highest BCUT2D eigenvalue weighted by atomic mass is 32.2. The number of aryl methyl sites for hydroxylation is 2. The molecular weight excluding hydrogens is 657 g/mol. The van der Waals surface area contributed by atoms with Gasteiger partial charge in [0.05, 0.1) is 11.4 Å². The summed E-state index contributed by atoms with van der Waals surface area (Å²) < 4.78 is 68.0. The quantitative estimate of drug-likeness (QED) is 0.0944. The molecule has 0 saturated carbocycles. The maximum atomic E-state index is 12.1. The lowest BCUT2D eigenvalue weighted by atomic mass is 10.0. The van der Waals surface area contributed by atoms with Gasteiger partial charge in [-0.05, 0) is 83.3 Å². The van der Waals surface area contributed by atoms with Gasteiger partial charge < -0.3 is 10.2 Å². The second-order valence-corrected chi connectivity index (χ2v) is 13.7. The monoisotopic (exact) mass is 682 g/mol. The van der Waals surface area contributed by atoms with Gasteiger partial charge >= 0.3 is 0 Å². The molecule has 4 N–H and O–H groups in total. The second kappa shape index (κ2) is 12.2. The summed E-state index contributed by atoms with van der Waals surface area (Å²) in [6.45, 7) is 3.56. The van der Waals surface area contributed by atoms with E-state index in [4.69, 9.17) is 0 Å². The van der Waals surface area contributed by atoms with E-state index in [1.807, 2.05) is 12.1 Å². The fraction of sp³-hybridized carbons (Fsp3) is 0.0588. The summed E-state index contributed by atoms with van der Waals surface area (Å²) in [6.07, 6.45) is 0. The Morgan fingerprint density at radius 3 is 1.23 bits per heavy atom. The van der Waals surface area contributed by atoms with E-state index >= 15 is 0 Å². The van der Waals surface area contributed by atoms with Crippen LogP contribution in [0, 0.1) is 13.8 Å². The Bertz CT molecular complexity index is 2390. The Morgan fingerprint density at radius 1 is 0.500 bits per heavy atom. The first-order valence-electron chi connectivity index (χ1n) is 14.2. The van der Waals surface area contributed by atoms with Crippen molar-refractivity contribution in [1.29, 1.82) is 0 Å². The smallest absolute Gasteiger partial charge is 0.296 e.